The van der Waals surface area contributed by atoms with E-state index in [9.17, 15) is 13.2 Å². The van der Waals surface area contributed by atoms with Gasteiger partial charge in [0, 0.05) is 19.5 Å². The van der Waals surface area contributed by atoms with Crippen LogP contribution in [-0.2, 0) is 14.8 Å². The van der Waals surface area contributed by atoms with Crippen LogP contribution in [0.15, 0.2) is 9.42 Å². The summed E-state index contributed by atoms with van der Waals surface area (Å²) in [5.74, 6) is 0.0590. The molecule has 0 spiro atoms. The summed E-state index contributed by atoms with van der Waals surface area (Å²) in [5, 5.41) is 6.26. The summed E-state index contributed by atoms with van der Waals surface area (Å²) in [5.41, 5.74) is 0.306. The van der Waals surface area contributed by atoms with E-state index in [4.69, 9.17) is 4.52 Å². The minimum atomic E-state index is -3.68. The van der Waals surface area contributed by atoms with E-state index in [0.717, 1.165) is 6.42 Å². The van der Waals surface area contributed by atoms with E-state index < -0.39 is 10.0 Å². The summed E-state index contributed by atoms with van der Waals surface area (Å²) in [6.45, 7) is 5.67. The van der Waals surface area contributed by atoms with Gasteiger partial charge < -0.3 is 9.84 Å². The van der Waals surface area contributed by atoms with Crippen molar-refractivity contribution in [2.75, 3.05) is 13.1 Å². The highest BCUT2D eigenvalue weighted by atomic mass is 32.2. The maximum atomic E-state index is 12.0. The molecule has 0 aliphatic carbocycles. The van der Waals surface area contributed by atoms with Crippen LogP contribution in [0.25, 0.3) is 0 Å². The molecule has 0 saturated heterocycles. The van der Waals surface area contributed by atoms with E-state index >= 15 is 0 Å². The minimum Gasteiger partial charge on any atom is -0.360 e. The summed E-state index contributed by atoms with van der Waals surface area (Å²) in [4.78, 5) is 11.4. The molecule has 1 aromatic heterocycles. The molecule has 108 valence electrons. The van der Waals surface area contributed by atoms with Crippen molar-refractivity contribution in [1.29, 1.82) is 0 Å². The molecule has 2 N–H and O–H groups in total. The van der Waals surface area contributed by atoms with Crippen molar-refractivity contribution in [2.45, 2.75) is 38.5 Å². The standard InChI is InChI=1S/C11H19N3O4S/c1-4-6-12-10(15)5-7-13-19(16,17)11-8(2)14-18-9(11)3/h13H,4-7H2,1-3H3,(H,12,15). The first kappa shape index (κ1) is 15.6. The number of aryl methyl sites for hydroxylation is 2. The lowest BCUT2D eigenvalue weighted by Crippen LogP contribution is -2.31. The molecule has 0 saturated carbocycles. The van der Waals surface area contributed by atoms with Crippen LogP contribution in [0.2, 0.25) is 0 Å². The molecular weight excluding hydrogens is 270 g/mol. The van der Waals surface area contributed by atoms with Crippen molar-refractivity contribution in [1.82, 2.24) is 15.2 Å². The average molecular weight is 289 g/mol. The Balaban J connectivity index is 2.55. The predicted molar refractivity (Wildman–Crippen MR) is 69.1 cm³/mol. The van der Waals surface area contributed by atoms with E-state index in [-0.39, 0.29) is 29.5 Å². The lowest BCUT2D eigenvalue weighted by molar-refractivity contribution is -0.120. The predicted octanol–water partition coefficient (Wildman–Crippen LogP) is 0.486. The molecule has 0 unspecified atom stereocenters. The molecule has 7 nitrogen and oxygen atoms in total. The second-order valence-corrected chi connectivity index (χ2v) is 5.85. The summed E-state index contributed by atoms with van der Waals surface area (Å²) in [6, 6.07) is 0. The molecule has 1 amide bonds. The quantitative estimate of drug-likeness (QED) is 0.760. The topological polar surface area (TPSA) is 101 Å². The van der Waals surface area contributed by atoms with Crippen LogP contribution in [0.3, 0.4) is 0 Å². The molecular formula is C11H19N3O4S. The minimum absolute atomic E-state index is 0.0430. The monoisotopic (exact) mass is 289 g/mol. The fourth-order valence-corrected chi connectivity index (χ4v) is 2.94. The van der Waals surface area contributed by atoms with Crippen molar-refractivity contribution in [2.24, 2.45) is 0 Å². The van der Waals surface area contributed by atoms with E-state index in [2.05, 4.69) is 15.2 Å². The number of aromatic nitrogens is 1. The number of hydrogen-bond donors (Lipinski definition) is 2. The van der Waals surface area contributed by atoms with Crippen LogP contribution in [0, 0.1) is 13.8 Å². The molecule has 19 heavy (non-hydrogen) atoms. The number of carbonyl (C=O) groups excluding carboxylic acids is 1. The first-order chi connectivity index (χ1) is 8.88. The van der Waals surface area contributed by atoms with Gasteiger partial charge >= 0.3 is 0 Å². The Labute approximate surface area is 112 Å². The van der Waals surface area contributed by atoms with Crippen molar-refractivity contribution in [3.8, 4) is 0 Å². The van der Waals surface area contributed by atoms with Gasteiger partial charge in [0.25, 0.3) is 0 Å². The molecule has 0 aromatic carbocycles. The van der Waals surface area contributed by atoms with Gasteiger partial charge in [-0.15, -0.1) is 0 Å². The van der Waals surface area contributed by atoms with Gasteiger partial charge in [-0.25, -0.2) is 13.1 Å². The molecule has 0 atom stereocenters. The Morgan fingerprint density at radius 3 is 2.53 bits per heavy atom. The second kappa shape index (κ2) is 6.67. The highest BCUT2D eigenvalue weighted by Gasteiger charge is 2.23. The maximum absolute atomic E-state index is 12.0. The molecule has 0 bridgehead atoms. The molecule has 1 aromatic rings. The van der Waals surface area contributed by atoms with Crippen molar-refractivity contribution < 1.29 is 17.7 Å². The van der Waals surface area contributed by atoms with E-state index in [0.29, 0.717) is 12.2 Å². The summed E-state index contributed by atoms with van der Waals surface area (Å²) >= 11 is 0. The SMILES string of the molecule is CCCNC(=O)CCNS(=O)(=O)c1c(C)noc1C. The number of sulfonamides is 1. The number of nitrogens with one attached hydrogen (secondary N) is 2. The normalized spacial score (nSPS) is 11.5. The molecule has 0 aliphatic rings. The van der Waals surface area contributed by atoms with Crippen LogP contribution in [-0.4, -0.2) is 32.6 Å². The number of rotatable bonds is 7. The van der Waals surface area contributed by atoms with Crippen molar-refractivity contribution in [3.05, 3.63) is 11.5 Å². The smallest absolute Gasteiger partial charge is 0.245 e. The lowest BCUT2D eigenvalue weighted by atomic mass is 10.4. The van der Waals surface area contributed by atoms with Gasteiger partial charge in [-0.1, -0.05) is 12.1 Å². The van der Waals surface area contributed by atoms with Gasteiger partial charge in [-0.2, -0.15) is 0 Å². The second-order valence-electron chi connectivity index (χ2n) is 4.15. The van der Waals surface area contributed by atoms with Gasteiger partial charge in [-0.05, 0) is 20.3 Å². The van der Waals surface area contributed by atoms with Crippen molar-refractivity contribution >= 4 is 15.9 Å². The molecule has 0 aliphatic heterocycles. The van der Waals surface area contributed by atoms with Gasteiger partial charge in [0.2, 0.25) is 15.9 Å². The third-order valence-electron chi connectivity index (χ3n) is 2.45. The molecule has 8 heteroatoms. The van der Waals surface area contributed by atoms with Gasteiger partial charge in [0.15, 0.2) is 5.76 Å². The largest absolute Gasteiger partial charge is 0.360 e. The molecule has 1 heterocycles. The number of nitrogens with zero attached hydrogens (tertiary/aromatic N) is 1. The summed E-state index contributed by atoms with van der Waals surface area (Å²) in [6.07, 6.45) is 0.944. The maximum Gasteiger partial charge on any atom is 0.245 e. The van der Waals surface area contributed by atoms with Gasteiger partial charge in [-0.3, -0.25) is 4.79 Å². The Morgan fingerprint density at radius 2 is 2.00 bits per heavy atom. The first-order valence-corrected chi connectivity index (χ1v) is 7.56. The highest BCUT2D eigenvalue weighted by Crippen LogP contribution is 2.18. The Bertz CT molecular complexity index is 517. The fourth-order valence-electron chi connectivity index (χ4n) is 1.58. The zero-order valence-electron chi connectivity index (χ0n) is 11.3. The summed E-state index contributed by atoms with van der Waals surface area (Å²) < 4.78 is 31.2. The Hall–Kier alpha value is -1.41. The van der Waals surface area contributed by atoms with E-state index in [1.165, 1.54) is 6.92 Å². The van der Waals surface area contributed by atoms with Crippen LogP contribution in [0.1, 0.15) is 31.2 Å². The third-order valence-corrected chi connectivity index (χ3v) is 4.16. The lowest BCUT2D eigenvalue weighted by Gasteiger charge is -2.06. The van der Waals surface area contributed by atoms with Crippen LogP contribution in [0.5, 0.6) is 0 Å². The van der Waals surface area contributed by atoms with Gasteiger partial charge in [0.05, 0.1) is 0 Å². The average Bonchev–Trinajstić information content (AvgIpc) is 2.66. The number of hydrogen-bond acceptors (Lipinski definition) is 5. The third kappa shape index (κ3) is 4.32. The molecule has 0 fully saturated rings. The van der Waals surface area contributed by atoms with E-state index in [1.54, 1.807) is 6.92 Å². The first-order valence-electron chi connectivity index (χ1n) is 6.07. The number of amides is 1. The zero-order valence-corrected chi connectivity index (χ0v) is 12.1. The zero-order chi connectivity index (χ0) is 14.5. The fraction of sp³-hybridized carbons (Fsp3) is 0.636. The Morgan fingerprint density at radius 1 is 1.32 bits per heavy atom. The number of carbonyl (C=O) groups is 1. The van der Waals surface area contributed by atoms with Crippen LogP contribution >= 0.6 is 0 Å². The molecule has 1 rings (SSSR count). The van der Waals surface area contributed by atoms with E-state index in [1.807, 2.05) is 6.92 Å². The van der Waals surface area contributed by atoms with Crippen LogP contribution in [0.4, 0.5) is 0 Å². The summed E-state index contributed by atoms with van der Waals surface area (Å²) in [7, 11) is -3.68. The molecule has 0 radical (unpaired) electrons. The Kier molecular flexibility index (Phi) is 5.49. The van der Waals surface area contributed by atoms with Crippen molar-refractivity contribution in [3.63, 3.8) is 0 Å². The van der Waals surface area contributed by atoms with Gasteiger partial charge in [0.1, 0.15) is 10.6 Å². The van der Waals surface area contributed by atoms with Crippen LogP contribution < -0.4 is 10.0 Å². The highest BCUT2D eigenvalue weighted by molar-refractivity contribution is 7.89.